The maximum absolute atomic E-state index is 13.0. The predicted molar refractivity (Wildman–Crippen MR) is 137 cm³/mol. The second kappa shape index (κ2) is 10.7. The van der Waals surface area contributed by atoms with Gasteiger partial charge in [0.05, 0.1) is 12.1 Å². The summed E-state index contributed by atoms with van der Waals surface area (Å²) in [6.07, 6.45) is 0. The molecule has 0 fully saturated rings. The Kier molecular flexibility index (Phi) is 7.24. The van der Waals surface area contributed by atoms with E-state index in [4.69, 9.17) is 10.5 Å². The molecule has 0 radical (unpaired) electrons. The molecule has 37 heavy (non-hydrogen) atoms. The molecule has 0 aliphatic rings. The molecule has 1 heterocycles. The summed E-state index contributed by atoms with van der Waals surface area (Å²) in [7, 11) is 1.24. The number of nitrogen functional groups attached to an aromatic ring is 1. The van der Waals surface area contributed by atoms with E-state index in [1.54, 1.807) is 66.7 Å². The van der Waals surface area contributed by atoms with Crippen molar-refractivity contribution < 1.29 is 19.1 Å². The van der Waals surface area contributed by atoms with Crippen molar-refractivity contribution in [3.8, 4) is 0 Å². The fraction of sp³-hybridized carbons (Fsp3) is 0.107. The van der Waals surface area contributed by atoms with Crippen LogP contribution in [0.3, 0.4) is 0 Å². The van der Waals surface area contributed by atoms with Gasteiger partial charge in [-0.25, -0.2) is 9.59 Å². The summed E-state index contributed by atoms with van der Waals surface area (Å²) in [5.41, 5.74) is 5.25. The molecule has 9 heteroatoms. The van der Waals surface area contributed by atoms with E-state index in [0.717, 1.165) is 14.7 Å². The van der Waals surface area contributed by atoms with Gasteiger partial charge < -0.3 is 10.5 Å². The molecule has 0 bridgehead atoms. The molecule has 0 aliphatic carbocycles. The van der Waals surface area contributed by atoms with Crippen molar-refractivity contribution in [1.82, 2.24) is 9.13 Å². The number of hydrogen-bond donors (Lipinski definition) is 1. The molecule has 1 aromatic heterocycles. The minimum Gasteiger partial charge on any atom is -0.454 e. The summed E-state index contributed by atoms with van der Waals surface area (Å²) in [5.74, 6) is -2.50. The Hall–Kier alpha value is -5.05. The van der Waals surface area contributed by atoms with E-state index in [9.17, 15) is 24.0 Å². The number of carbonyl (C=O) groups excluding carboxylic acids is 3. The van der Waals surface area contributed by atoms with Gasteiger partial charge in [0.25, 0.3) is 5.56 Å². The number of esters is 1. The summed E-state index contributed by atoms with van der Waals surface area (Å²) in [6, 6.07) is 23.4. The Morgan fingerprint density at radius 1 is 0.811 bits per heavy atom. The SMILES string of the molecule is Cn1c(=O)c(C(=O)COC(=O)c2ccccc2C(=O)c2ccccc2)c(N)n(Cc2ccccc2)c1=O. The number of benzene rings is 3. The minimum absolute atomic E-state index is 0.0286. The quantitative estimate of drug-likeness (QED) is 0.292. The molecule has 4 aromatic rings. The van der Waals surface area contributed by atoms with Gasteiger partial charge in [0.15, 0.2) is 12.4 Å². The van der Waals surface area contributed by atoms with E-state index in [0.29, 0.717) is 5.56 Å². The van der Waals surface area contributed by atoms with Crippen molar-refractivity contribution in [1.29, 1.82) is 0 Å². The van der Waals surface area contributed by atoms with Gasteiger partial charge in [0.2, 0.25) is 5.78 Å². The van der Waals surface area contributed by atoms with Crippen molar-refractivity contribution in [2.24, 2.45) is 7.05 Å². The van der Waals surface area contributed by atoms with Crippen LogP contribution >= 0.6 is 0 Å². The molecule has 0 saturated carbocycles. The molecule has 4 rings (SSSR count). The van der Waals surface area contributed by atoms with Crippen molar-refractivity contribution >= 4 is 23.4 Å². The molecule has 3 aromatic carbocycles. The normalized spacial score (nSPS) is 10.6. The first kappa shape index (κ1) is 25.1. The summed E-state index contributed by atoms with van der Waals surface area (Å²) in [5, 5.41) is 0. The summed E-state index contributed by atoms with van der Waals surface area (Å²) in [4.78, 5) is 64.1. The second-order valence-electron chi connectivity index (χ2n) is 8.22. The molecule has 0 unspecified atom stereocenters. The van der Waals surface area contributed by atoms with E-state index < -0.39 is 35.2 Å². The van der Waals surface area contributed by atoms with E-state index >= 15 is 0 Å². The van der Waals surface area contributed by atoms with Crippen molar-refractivity contribution in [3.63, 3.8) is 0 Å². The van der Waals surface area contributed by atoms with Gasteiger partial charge in [-0.3, -0.25) is 23.5 Å². The van der Waals surface area contributed by atoms with E-state index in [1.807, 2.05) is 6.07 Å². The third kappa shape index (κ3) is 5.15. The largest absolute Gasteiger partial charge is 0.454 e. The zero-order valence-electron chi connectivity index (χ0n) is 19.9. The molecular formula is C28H23N3O6. The maximum atomic E-state index is 13.0. The number of aromatic nitrogens is 2. The van der Waals surface area contributed by atoms with Gasteiger partial charge in [0.1, 0.15) is 11.4 Å². The maximum Gasteiger partial charge on any atom is 0.339 e. The highest BCUT2D eigenvalue weighted by Gasteiger charge is 2.24. The lowest BCUT2D eigenvalue weighted by atomic mass is 9.98. The van der Waals surface area contributed by atoms with Crippen LogP contribution in [0, 0.1) is 0 Å². The zero-order chi connectivity index (χ0) is 26.5. The molecule has 9 nitrogen and oxygen atoms in total. The number of nitrogens with two attached hydrogens (primary N) is 1. The molecule has 0 amide bonds. The molecular weight excluding hydrogens is 474 g/mol. The minimum atomic E-state index is -0.916. The van der Waals surface area contributed by atoms with Gasteiger partial charge in [0, 0.05) is 18.2 Å². The standard InChI is InChI=1S/C28H23N3O6/c1-30-26(34)23(25(29)31(28(30)36)16-18-10-4-2-5-11-18)22(32)17-37-27(35)21-15-9-8-14-20(21)24(33)19-12-6-3-7-13-19/h2-15H,16-17,29H2,1H3. The zero-order valence-corrected chi connectivity index (χ0v) is 19.9. The molecule has 0 aliphatic heterocycles. The smallest absolute Gasteiger partial charge is 0.339 e. The van der Waals surface area contributed by atoms with E-state index in [1.165, 1.54) is 19.2 Å². The van der Waals surface area contributed by atoms with Crippen LogP contribution in [0.15, 0.2) is 94.5 Å². The number of hydrogen-bond acceptors (Lipinski definition) is 7. The fourth-order valence-electron chi connectivity index (χ4n) is 3.85. The second-order valence-corrected chi connectivity index (χ2v) is 8.22. The van der Waals surface area contributed by atoms with Crippen molar-refractivity contribution in [2.75, 3.05) is 12.3 Å². The highest BCUT2D eigenvalue weighted by atomic mass is 16.5. The molecule has 0 spiro atoms. The lowest BCUT2D eigenvalue weighted by molar-refractivity contribution is 0.0472. The number of anilines is 1. The van der Waals surface area contributed by atoms with Crippen molar-refractivity contribution in [2.45, 2.75) is 6.54 Å². The molecule has 186 valence electrons. The number of Topliss-reactive ketones (excluding diaryl/α,β-unsaturated/α-hetero) is 1. The van der Waals surface area contributed by atoms with Crippen LogP contribution in [0.1, 0.15) is 42.2 Å². The molecule has 0 saturated heterocycles. The summed E-state index contributed by atoms with van der Waals surface area (Å²) >= 11 is 0. The van der Waals surface area contributed by atoms with Gasteiger partial charge in [-0.15, -0.1) is 0 Å². The highest BCUT2D eigenvalue weighted by molar-refractivity contribution is 6.14. The number of nitrogens with zero attached hydrogens (tertiary/aromatic N) is 2. The third-order valence-electron chi connectivity index (χ3n) is 5.81. The fourth-order valence-corrected chi connectivity index (χ4v) is 3.85. The Labute approximate surface area is 211 Å². The summed E-state index contributed by atoms with van der Waals surface area (Å²) < 4.78 is 7.07. The van der Waals surface area contributed by atoms with Gasteiger partial charge >= 0.3 is 11.7 Å². The third-order valence-corrected chi connectivity index (χ3v) is 5.81. The number of carbonyl (C=O) groups is 3. The first-order valence-corrected chi connectivity index (χ1v) is 11.3. The van der Waals surface area contributed by atoms with Crippen LogP contribution in [0.4, 0.5) is 5.82 Å². The Bertz CT molecular complexity index is 1600. The summed E-state index contributed by atoms with van der Waals surface area (Å²) in [6.45, 7) is -0.773. The predicted octanol–water partition coefficient (Wildman–Crippen LogP) is 2.45. The van der Waals surface area contributed by atoms with Crippen LogP contribution in [0.2, 0.25) is 0 Å². The Balaban J connectivity index is 1.59. The van der Waals surface area contributed by atoms with Crippen LogP contribution in [0.5, 0.6) is 0 Å². The van der Waals surface area contributed by atoms with Crippen LogP contribution in [-0.4, -0.2) is 33.3 Å². The lowest BCUT2D eigenvalue weighted by Gasteiger charge is -2.15. The van der Waals surface area contributed by atoms with Crippen LogP contribution < -0.4 is 17.0 Å². The average Bonchev–Trinajstić information content (AvgIpc) is 2.93. The van der Waals surface area contributed by atoms with Crippen molar-refractivity contribution in [3.05, 3.63) is 134 Å². The Morgan fingerprint density at radius 2 is 1.38 bits per heavy atom. The van der Waals surface area contributed by atoms with E-state index in [2.05, 4.69) is 0 Å². The molecule has 0 atom stereocenters. The first-order chi connectivity index (χ1) is 17.8. The van der Waals surface area contributed by atoms with Crippen LogP contribution in [0.25, 0.3) is 0 Å². The van der Waals surface area contributed by atoms with Crippen LogP contribution in [-0.2, 0) is 18.3 Å². The lowest BCUT2D eigenvalue weighted by Crippen LogP contribution is -2.43. The first-order valence-electron chi connectivity index (χ1n) is 11.3. The average molecular weight is 498 g/mol. The van der Waals surface area contributed by atoms with Gasteiger partial charge in [-0.1, -0.05) is 78.9 Å². The number of ether oxygens (including phenoxy) is 1. The number of ketones is 2. The number of rotatable bonds is 8. The molecule has 2 N–H and O–H groups in total. The van der Waals surface area contributed by atoms with Gasteiger partial charge in [-0.2, -0.15) is 0 Å². The van der Waals surface area contributed by atoms with Gasteiger partial charge in [-0.05, 0) is 11.6 Å². The monoisotopic (exact) mass is 497 g/mol. The van der Waals surface area contributed by atoms with E-state index in [-0.39, 0.29) is 29.3 Å². The topological polar surface area (TPSA) is 130 Å². The Morgan fingerprint density at radius 3 is 2.03 bits per heavy atom. The highest BCUT2D eigenvalue weighted by Crippen LogP contribution is 2.16.